The van der Waals surface area contributed by atoms with E-state index in [9.17, 15) is 13.2 Å². The van der Waals surface area contributed by atoms with E-state index >= 15 is 0 Å². The Balaban J connectivity index is 1.53. The Morgan fingerprint density at radius 3 is 2.28 bits per heavy atom. The molecule has 156 valence electrons. The molecule has 1 heterocycles. The fraction of sp³-hybridized carbons (Fsp3) is 0.350. The van der Waals surface area contributed by atoms with Crippen molar-refractivity contribution in [2.75, 3.05) is 32.6 Å². The summed E-state index contributed by atoms with van der Waals surface area (Å²) >= 11 is 0. The maximum Gasteiger partial charge on any atom is 0.321 e. The molecule has 0 bridgehead atoms. The molecule has 8 nitrogen and oxygen atoms in total. The third kappa shape index (κ3) is 5.39. The van der Waals surface area contributed by atoms with E-state index < -0.39 is 10.0 Å². The first-order chi connectivity index (χ1) is 13.9. The molecule has 0 saturated carbocycles. The van der Waals surface area contributed by atoms with Crippen LogP contribution in [-0.4, -0.2) is 52.7 Å². The summed E-state index contributed by atoms with van der Waals surface area (Å²) in [5.41, 5.74) is 0.650. The van der Waals surface area contributed by atoms with Crippen LogP contribution in [0.4, 0.5) is 10.5 Å². The first-order valence-corrected chi connectivity index (χ1v) is 10.8. The van der Waals surface area contributed by atoms with Gasteiger partial charge in [-0.15, -0.1) is 0 Å². The number of methoxy groups -OCH3 is 2. The van der Waals surface area contributed by atoms with E-state index in [1.165, 1.54) is 19.2 Å². The molecule has 2 aromatic rings. The van der Waals surface area contributed by atoms with Gasteiger partial charge >= 0.3 is 6.03 Å². The number of hydrogen-bond acceptors (Lipinski definition) is 5. The van der Waals surface area contributed by atoms with Crippen molar-refractivity contribution in [3.8, 4) is 11.5 Å². The minimum atomic E-state index is -3.62. The number of sulfonamides is 1. The molecule has 0 aliphatic carbocycles. The zero-order valence-electron chi connectivity index (χ0n) is 16.4. The summed E-state index contributed by atoms with van der Waals surface area (Å²) in [6.07, 6.45) is 1.09. The number of amides is 2. The lowest BCUT2D eigenvalue weighted by atomic mass is 10.1. The van der Waals surface area contributed by atoms with Crippen LogP contribution in [0.2, 0.25) is 0 Å². The number of likely N-dealkylation sites (tertiary alicyclic amines) is 1. The van der Waals surface area contributed by atoms with Crippen molar-refractivity contribution in [2.45, 2.75) is 23.8 Å². The van der Waals surface area contributed by atoms with Crippen LogP contribution >= 0.6 is 0 Å². The van der Waals surface area contributed by atoms with Gasteiger partial charge in [-0.3, -0.25) is 0 Å². The zero-order valence-corrected chi connectivity index (χ0v) is 17.2. The van der Waals surface area contributed by atoms with Gasteiger partial charge in [-0.1, -0.05) is 6.07 Å². The van der Waals surface area contributed by atoms with Crippen molar-refractivity contribution in [3.05, 3.63) is 48.5 Å². The molecule has 2 aromatic carbocycles. The van der Waals surface area contributed by atoms with Gasteiger partial charge in [0.25, 0.3) is 0 Å². The van der Waals surface area contributed by atoms with Crippen molar-refractivity contribution in [2.24, 2.45) is 0 Å². The molecule has 1 aliphatic rings. The first-order valence-electron chi connectivity index (χ1n) is 9.27. The third-order valence-electron chi connectivity index (χ3n) is 4.79. The topological polar surface area (TPSA) is 97.0 Å². The molecule has 2 N–H and O–H groups in total. The van der Waals surface area contributed by atoms with Gasteiger partial charge in [-0.25, -0.2) is 17.9 Å². The maximum absolute atomic E-state index is 12.6. The average molecular weight is 420 g/mol. The maximum atomic E-state index is 12.6. The first kappa shape index (κ1) is 20.9. The van der Waals surface area contributed by atoms with Gasteiger partial charge < -0.3 is 19.7 Å². The Morgan fingerprint density at radius 2 is 1.66 bits per heavy atom. The smallest absolute Gasteiger partial charge is 0.321 e. The molecule has 0 radical (unpaired) electrons. The summed E-state index contributed by atoms with van der Waals surface area (Å²) < 4.78 is 38.1. The molecule has 0 aromatic heterocycles. The molecule has 0 spiro atoms. The highest BCUT2D eigenvalue weighted by Gasteiger charge is 2.26. The largest absolute Gasteiger partial charge is 0.497 e. The van der Waals surface area contributed by atoms with Crippen molar-refractivity contribution in [1.29, 1.82) is 0 Å². The van der Waals surface area contributed by atoms with Crippen LogP contribution < -0.4 is 19.5 Å². The molecule has 1 aliphatic heterocycles. The highest BCUT2D eigenvalue weighted by molar-refractivity contribution is 7.89. The van der Waals surface area contributed by atoms with E-state index in [-0.39, 0.29) is 17.0 Å². The Kier molecular flexibility index (Phi) is 6.60. The molecule has 0 unspecified atom stereocenters. The van der Waals surface area contributed by atoms with Crippen molar-refractivity contribution in [1.82, 2.24) is 9.62 Å². The number of anilines is 1. The molecule has 9 heteroatoms. The van der Waals surface area contributed by atoms with E-state index in [0.29, 0.717) is 43.1 Å². The molecule has 3 rings (SSSR count). The molecule has 29 heavy (non-hydrogen) atoms. The van der Waals surface area contributed by atoms with Crippen LogP contribution in [-0.2, 0) is 10.0 Å². The predicted molar refractivity (Wildman–Crippen MR) is 110 cm³/mol. The number of nitrogens with one attached hydrogen (secondary N) is 2. The number of hydrogen-bond donors (Lipinski definition) is 2. The predicted octanol–water partition coefficient (Wildman–Crippen LogP) is 2.68. The van der Waals surface area contributed by atoms with Gasteiger partial charge in [0.2, 0.25) is 10.0 Å². The van der Waals surface area contributed by atoms with E-state index in [1.54, 1.807) is 48.4 Å². The second kappa shape index (κ2) is 9.15. The molecular weight excluding hydrogens is 394 g/mol. The fourth-order valence-corrected chi connectivity index (χ4v) is 4.45. The number of carbonyl (C=O) groups excluding carboxylic acids is 1. The van der Waals surface area contributed by atoms with Crippen LogP contribution in [0.15, 0.2) is 53.4 Å². The van der Waals surface area contributed by atoms with Crippen LogP contribution in [0.5, 0.6) is 11.5 Å². The highest BCUT2D eigenvalue weighted by Crippen LogP contribution is 2.20. The van der Waals surface area contributed by atoms with E-state index in [4.69, 9.17) is 9.47 Å². The standard InChI is InChI=1S/C20H25N3O5S/c1-27-17-6-8-19(9-7-17)29(25,26)22-15-10-12-23(13-11-15)20(24)21-16-4-3-5-18(14-16)28-2/h3-9,14-15,22H,10-13H2,1-2H3,(H,21,24). The second-order valence-electron chi connectivity index (χ2n) is 6.72. The van der Waals surface area contributed by atoms with Crippen LogP contribution in [0, 0.1) is 0 Å². The zero-order chi connectivity index (χ0) is 20.9. The van der Waals surface area contributed by atoms with Crippen LogP contribution in [0.25, 0.3) is 0 Å². The second-order valence-corrected chi connectivity index (χ2v) is 8.43. The summed E-state index contributed by atoms with van der Waals surface area (Å²) in [7, 11) is -0.521. The molecular formula is C20H25N3O5S. The number of benzene rings is 2. The van der Waals surface area contributed by atoms with Crippen molar-refractivity contribution in [3.63, 3.8) is 0 Å². The minimum absolute atomic E-state index is 0.191. The normalized spacial score (nSPS) is 15.0. The van der Waals surface area contributed by atoms with Gasteiger partial charge in [0.1, 0.15) is 11.5 Å². The number of piperidine rings is 1. The molecule has 1 saturated heterocycles. The average Bonchev–Trinajstić information content (AvgIpc) is 2.74. The van der Waals surface area contributed by atoms with Crippen LogP contribution in [0.3, 0.4) is 0 Å². The van der Waals surface area contributed by atoms with E-state index in [2.05, 4.69) is 10.0 Å². The number of rotatable bonds is 6. The summed E-state index contributed by atoms with van der Waals surface area (Å²) in [5.74, 6) is 1.26. The SMILES string of the molecule is COc1ccc(S(=O)(=O)NC2CCN(C(=O)Nc3cccc(OC)c3)CC2)cc1. The van der Waals surface area contributed by atoms with E-state index in [1.807, 2.05) is 0 Å². The van der Waals surface area contributed by atoms with Gasteiger partial charge in [0.05, 0.1) is 19.1 Å². The quantitative estimate of drug-likeness (QED) is 0.750. The number of urea groups is 1. The van der Waals surface area contributed by atoms with Crippen molar-refractivity contribution >= 4 is 21.7 Å². The summed E-state index contributed by atoms with van der Waals surface area (Å²) in [5, 5.41) is 2.84. The van der Waals surface area contributed by atoms with Crippen LogP contribution in [0.1, 0.15) is 12.8 Å². The number of ether oxygens (including phenoxy) is 2. The molecule has 1 fully saturated rings. The van der Waals surface area contributed by atoms with Gasteiger partial charge in [0.15, 0.2) is 0 Å². The number of carbonyl (C=O) groups is 1. The van der Waals surface area contributed by atoms with Gasteiger partial charge in [-0.05, 0) is 49.2 Å². The Bertz CT molecular complexity index is 939. The summed E-state index contributed by atoms with van der Waals surface area (Å²) in [6, 6.07) is 12.9. The number of nitrogens with zero attached hydrogens (tertiary/aromatic N) is 1. The Hall–Kier alpha value is -2.78. The van der Waals surface area contributed by atoms with Gasteiger partial charge in [-0.2, -0.15) is 0 Å². The fourth-order valence-electron chi connectivity index (χ4n) is 3.15. The Labute approximate surface area is 170 Å². The monoisotopic (exact) mass is 419 g/mol. The summed E-state index contributed by atoms with van der Waals surface area (Å²) in [6.45, 7) is 0.928. The lowest BCUT2D eigenvalue weighted by molar-refractivity contribution is 0.193. The van der Waals surface area contributed by atoms with E-state index in [0.717, 1.165) is 0 Å². The van der Waals surface area contributed by atoms with Gasteiger partial charge in [0, 0.05) is 30.9 Å². The Morgan fingerprint density at radius 1 is 1.00 bits per heavy atom. The molecule has 0 atom stereocenters. The lowest BCUT2D eigenvalue weighted by Gasteiger charge is -2.32. The lowest BCUT2D eigenvalue weighted by Crippen LogP contribution is -2.47. The third-order valence-corrected chi connectivity index (χ3v) is 6.33. The molecule has 2 amide bonds. The summed E-state index contributed by atoms with van der Waals surface area (Å²) in [4.78, 5) is 14.3. The minimum Gasteiger partial charge on any atom is -0.497 e. The van der Waals surface area contributed by atoms with Crippen molar-refractivity contribution < 1.29 is 22.7 Å². The highest BCUT2D eigenvalue weighted by atomic mass is 32.2.